The van der Waals surface area contributed by atoms with Crippen LogP contribution in [0, 0.1) is 0 Å². The van der Waals surface area contributed by atoms with Crippen molar-refractivity contribution in [2.45, 2.75) is 18.0 Å². The van der Waals surface area contributed by atoms with E-state index in [1.165, 1.54) is 0 Å². The second-order valence-corrected chi connectivity index (χ2v) is 3.96. The Kier molecular flexibility index (Phi) is 6.51. The highest BCUT2D eigenvalue weighted by Crippen LogP contribution is 2.43. The number of carbonyl (C=O) groups excluding carboxylic acids is 2. The van der Waals surface area contributed by atoms with E-state index in [2.05, 4.69) is 9.47 Å². The highest BCUT2D eigenvalue weighted by atomic mass is 127. The summed E-state index contributed by atoms with van der Waals surface area (Å²) in [7, 11) is 0. The Morgan fingerprint density at radius 1 is 0.950 bits per heavy atom. The molecule has 0 radical (unpaired) electrons. The number of aliphatic hydroxyl groups is 1. The van der Waals surface area contributed by atoms with Crippen LogP contribution in [0.2, 0.25) is 0 Å². The molecule has 0 aliphatic carbocycles. The van der Waals surface area contributed by atoms with Crippen LogP contribution in [0.5, 0.6) is 0 Å². The molecule has 5 nitrogen and oxygen atoms in total. The van der Waals surface area contributed by atoms with Gasteiger partial charge in [0.15, 0.2) is 0 Å². The monoisotopic (exact) mass is 424 g/mol. The van der Waals surface area contributed by atoms with Crippen LogP contribution >= 0.6 is 22.6 Å². The zero-order valence-electron chi connectivity index (χ0n) is 9.35. The molecule has 0 fully saturated rings. The second-order valence-electron chi connectivity index (χ2n) is 3.20. The van der Waals surface area contributed by atoms with Crippen molar-refractivity contribution in [2.24, 2.45) is 0 Å². The topological polar surface area (TPSA) is 72.8 Å². The first-order valence-electron chi connectivity index (χ1n) is 4.62. The van der Waals surface area contributed by atoms with E-state index in [1.807, 2.05) is 0 Å². The molecular formula is C8H7F6IO5. The summed E-state index contributed by atoms with van der Waals surface area (Å²) >= 11 is 1.59. The Balaban J connectivity index is 4.74. The largest absolute Gasteiger partial charge is 0.461 e. The van der Waals surface area contributed by atoms with Gasteiger partial charge in [0, 0.05) is 0 Å². The van der Waals surface area contributed by atoms with Gasteiger partial charge in [0.1, 0.15) is 13.2 Å². The number of halogens is 7. The molecule has 0 heterocycles. The molecule has 20 heavy (non-hydrogen) atoms. The van der Waals surface area contributed by atoms with Gasteiger partial charge in [-0.05, 0) is 0 Å². The molecule has 0 saturated carbocycles. The number of hydrogen-bond donors (Lipinski definition) is 1. The van der Waals surface area contributed by atoms with E-state index in [4.69, 9.17) is 5.11 Å². The van der Waals surface area contributed by atoms with Crippen LogP contribution < -0.4 is 0 Å². The minimum absolute atomic E-state index is 0.110. The van der Waals surface area contributed by atoms with Crippen molar-refractivity contribution >= 4 is 34.5 Å². The van der Waals surface area contributed by atoms with Crippen molar-refractivity contribution in [1.29, 1.82) is 0 Å². The van der Waals surface area contributed by atoms with E-state index < -0.39 is 43.1 Å². The number of hydrogen-bond acceptors (Lipinski definition) is 5. The SMILES string of the molecule is O=C(CI)OCCOC(=O)C(O)(C(F)(F)F)C(F)(F)F. The average molecular weight is 424 g/mol. The molecule has 0 aromatic carbocycles. The van der Waals surface area contributed by atoms with Crippen molar-refractivity contribution in [2.75, 3.05) is 17.6 Å². The zero-order chi connectivity index (χ0) is 16.2. The van der Waals surface area contributed by atoms with Crippen molar-refractivity contribution < 1.29 is 50.5 Å². The van der Waals surface area contributed by atoms with Crippen LogP contribution in [0.3, 0.4) is 0 Å². The van der Waals surface area contributed by atoms with E-state index in [9.17, 15) is 35.9 Å². The summed E-state index contributed by atoms with van der Waals surface area (Å²) in [5, 5.41) is 8.57. The Hall–Kier alpha value is -0.790. The van der Waals surface area contributed by atoms with Gasteiger partial charge in [-0.3, -0.25) is 4.79 Å². The molecule has 0 aliphatic rings. The third kappa shape index (κ3) is 4.36. The van der Waals surface area contributed by atoms with Gasteiger partial charge in [-0.2, -0.15) is 26.3 Å². The van der Waals surface area contributed by atoms with Gasteiger partial charge in [0.2, 0.25) is 0 Å². The molecule has 1 N–H and O–H groups in total. The van der Waals surface area contributed by atoms with Gasteiger partial charge in [0.05, 0.1) is 4.43 Å². The third-order valence-electron chi connectivity index (χ3n) is 1.80. The molecule has 0 aromatic rings. The molecule has 0 bridgehead atoms. The lowest BCUT2D eigenvalue weighted by molar-refractivity contribution is -0.357. The summed E-state index contributed by atoms with van der Waals surface area (Å²) in [6.07, 6.45) is -12.6. The lowest BCUT2D eigenvalue weighted by Gasteiger charge is -2.29. The van der Waals surface area contributed by atoms with Crippen molar-refractivity contribution in [3.05, 3.63) is 0 Å². The van der Waals surface area contributed by atoms with Crippen LogP contribution in [0.15, 0.2) is 0 Å². The predicted molar refractivity (Wildman–Crippen MR) is 57.9 cm³/mol. The Morgan fingerprint density at radius 2 is 1.35 bits per heavy atom. The number of rotatable bonds is 5. The molecule has 0 aliphatic heterocycles. The number of ether oxygens (including phenoxy) is 2. The van der Waals surface area contributed by atoms with Gasteiger partial charge < -0.3 is 14.6 Å². The van der Waals surface area contributed by atoms with Crippen LogP contribution in [0.25, 0.3) is 0 Å². The summed E-state index contributed by atoms with van der Waals surface area (Å²) < 4.78 is 80.9. The Labute approximate surface area is 121 Å². The molecule has 0 unspecified atom stereocenters. The fraction of sp³-hybridized carbons (Fsp3) is 0.750. The molecule has 0 atom stereocenters. The second kappa shape index (κ2) is 6.78. The molecule has 0 spiro atoms. The number of esters is 2. The summed E-state index contributed by atoms with van der Waals surface area (Å²) in [5.41, 5.74) is -5.63. The molecule has 0 aromatic heterocycles. The van der Waals surface area contributed by atoms with Crippen molar-refractivity contribution in [3.8, 4) is 0 Å². The van der Waals surface area contributed by atoms with Crippen LogP contribution in [0.1, 0.15) is 0 Å². The average Bonchev–Trinajstić information content (AvgIpc) is 2.29. The van der Waals surface area contributed by atoms with Crippen molar-refractivity contribution in [1.82, 2.24) is 0 Å². The molecule has 0 amide bonds. The maximum atomic E-state index is 12.2. The molecular weight excluding hydrogens is 417 g/mol. The van der Waals surface area contributed by atoms with Gasteiger partial charge in [-0.15, -0.1) is 0 Å². The van der Waals surface area contributed by atoms with Crippen LogP contribution in [-0.2, 0) is 19.1 Å². The number of alkyl halides is 7. The van der Waals surface area contributed by atoms with E-state index in [0.717, 1.165) is 0 Å². The highest BCUT2D eigenvalue weighted by Gasteiger charge is 2.76. The molecule has 0 saturated heterocycles. The Bertz CT molecular complexity index is 351. The minimum Gasteiger partial charge on any atom is -0.461 e. The lowest BCUT2D eigenvalue weighted by Crippen LogP contribution is -2.63. The lowest BCUT2D eigenvalue weighted by atomic mass is 10.0. The number of carbonyl (C=O) groups is 2. The van der Waals surface area contributed by atoms with E-state index >= 15 is 0 Å². The van der Waals surface area contributed by atoms with Gasteiger partial charge in [-0.25, -0.2) is 4.79 Å². The Morgan fingerprint density at radius 3 is 1.70 bits per heavy atom. The van der Waals surface area contributed by atoms with E-state index in [-0.39, 0.29) is 4.43 Å². The third-order valence-corrected chi connectivity index (χ3v) is 2.43. The van der Waals surface area contributed by atoms with Crippen molar-refractivity contribution in [3.63, 3.8) is 0 Å². The maximum Gasteiger partial charge on any atom is 0.437 e. The van der Waals surface area contributed by atoms with Crippen LogP contribution in [0.4, 0.5) is 26.3 Å². The normalized spacial score (nSPS) is 13.0. The first-order valence-corrected chi connectivity index (χ1v) is 6.15. The quantitative estimate of drug-likeness (QED) is 0.237. The van der Waals surface area contributed by atoms with Gasteiger partial charge in [-0.1, -0.05) is 22.6 Å². The summed E-state index contributed by atoms with van der Waals surface area (Å²) in [4.78, 5) is 21.4. The maximum absolute atomic E-state index is 12.2. The van der Waals surface area contributed by atoms with E-state index in [1.54, 1.807) is 22.6 Å². The predicted octanol–water partition coefficient (Wildman–Crippen LogP) is 1.36. The summed E-state index contributed by atoms with van der Waals surface area (Å²) in [5.74, 6) is -3.74. The molecule has 118 valence electrons. The molecule has 12 heteroatoms. The summed E-state index contributed by atoms with van der Waals surface area (Å²) in [6.45, 7) is -1.80. The fourth-order valence-electron chi connectivity index (χ4n) is 0.825. The van der Waals surface area contributed by atoms with Gasteiger partial charge in [0.25, 0.3) is 0 Å². The molecule has 0 rings (SSSR count). The fourth-order valence-corrected chi connectivity index (χ4v) is 1.05. The smallest absolute Gasteiger partial charge is 0.437 e. The highest BCUT2D eigenvalue weighted by molar-refractivity contribution is 14.1. The first-order chi connectivity index (χ1) is 8.88. The van der Waals surface area contributed by atoms with E-state index in [0.29, 0.717) is 0 Å². The zero-order valence-corrected chi connectivity index (χ0v) is 11.5. The first kappa shape index (κ1) is 19.2. The van der Waals surface area contributed by atoms with Gasteiger partial charge >= 0.3 is 29.9 Å². The standard InChI is InChI=1S/C8H7F6IO5/c9-7(10,11)6(18,8(12,13)14)5(17)20-2-1-19-4(16)3-15/h18H,1-3H2. The van der Waals surface area contributed by atoms with Crippen LogP contribution in [-0.4, -0.2) is 52.6 Å². The summed E-state index contributed by atoms with van der Waals surface area (Å²) in [6, 6.07) is 0. The minimum atomic E-state index is -6.30.